The Morgan fingerprint density at radius 1 is 0.941 bits per heavy atom. The molecule has 17 heavy (non-hydrogen) atoms. The highest BCUT2D eigenvalue weighted by atomic mass is 16.6. The molecule has 2 aromatic carbocycles. The van der Waals surface area contributed by atoms with Crippen molar-refractivity contribution in [3.8, 4) is 11.1 Å². The molecule has 1 heteroatoms. The second-order valence-electron chi connectivity index (χ2n) is 4.29. The Morgan fingerprint density at radius 2 is 1.53 bits per heavy atom. The summed E-state index contributed by atoms with van der Waals surface area (Å²) in [6.07, 6.45) is 0.248. The fourth-order valence-electron chi connectivity index (χ4n) is 1.94. The van der Waals surface area contributed by atoms with Gasteiger partial charge in [-0.25, -0.2) is 0 Å². The molecule has 2 aromatic rings. The van der Waals surface area contributed by atoms with Crippen LogP contribution >= 0.6 is 0 Å². The quantitative estimate of drug-likeness (QED) is 0.720. The maximum Gasteiger partial charge on any atom is 0.106 e. The average Bonchev–Trinajstić information content (AvgIpc) is 3.24. The van der Waals surface area contributed by atoms with Gasteiger partial charge in [0.1, 0.15) is 6.10 Å². The van der Waals surface area contributed by atoms with Gasteiger partial charge < -0.3 is 4.74 Å². The van der Waals surface area contributed by atoms with E-state index < -0.39 is 0 Å². The molecule has 1 aliphatic heterocycles. The van der Waals surface area contributed by atoms with Crippen LogP contribution < -0.4 is 0 Å². The lowest BCUT2D eigenvalue weighted by atomic mass is 10.00. The lowest BCUT2D eigenvalue weighted by Gasteiger charge is -2.05. The predicted octanol–water partition coefficient (Wildman–Crippen LogP) is 3.77. The number of ether oxygens (including phenoxy) is 1. The van der Waals surface area contributed by atoms with Crippen molar-refractivity contribution < 1.29 is 4.74 Å². The van der Waals surface area contributed by atoms with Crippen molar-refractivity contribution in [1.29, 1.82) is 0 Å². The van der Waals surface area contributed by atoms with E-state index in [0.717, 1.165) is 12.2 Å². The van der Waals surface area contributed by atoms with E-state index in [1.807, 2.05) is 6.07 Å². The molecule has 84 valence electrons. The van der Waals surface area contributed by atoms with Crippen molar-refractivity contribution >= 4 is 5.57 Å². The molecule has 0 bridgehead atoms. The van der Waals surface area contributed by atoms with Gasteiger partial charge in [0.05, 0.1) is 6.61 Å². The smallest absolute Gasteiger partial charge is 0.106 e. The minimum Gasteiger partial charge on any atom is -0.368 e. The molecule has 1 heterocycles. The van der Waals surface area contributed by atoms with Crippen LogP contribution in [0, 0.1) is 0 Å². The van der Waals surface area contributed by atoms with E-state index in [4.69, 9.17) is 4.74 Å². The number of hydrogen-bond donors (Lipinski definition) is 0. The Labute approximate surface area is 101 Å². The van der Waals surface area contributed by atoms with Crippen LogP contribution in [0.15, 0.2) is 61.2 Å². The average molecular weight is 222 g/mol. The minimum atomic E-state index is 0.248. The first-order valence-corrected chi connectivity index (χ1v) is 5.81. The topological polar surface area (TPSA) is 12.5 Å². The molecule has 1 nitrogen and oxygen atoms in total. The molecule has 0 N–H and O–H groups in total. The van der Waals surface area contributed by atoms with E-state index in [9.17, 15) is 0 Å². The van der Waals surface area contributed by atoms with Crippen molar-refractivity contribution in [1.82, 2.24) is 0 Å². The van der Waals surface area contributed by atoms with Gasteiger partial charge in [0.2, 0.25) is 0 Å². The van der Waals surface area contributed by atoms with E-state index in [1.165, 1.54) is 16.7 Å². The molecule has 1 unspecified atom stereocenters. The first kappa shape index (κ1) is 10.3. The van der Waals surface area contributed by atoms with Crippen molar-refractivity contribution in [2.45, 2.75) is 6.10 Å². The largest absolute Gasteiger partial charge is 0.368 e. The Bertz CT molecular complexity index is 521. The van der Waals surface area contributed by atoms with Crippen LogP contribution in [0.1, 0.15) is 5.56 Å². The fourth-order valence-corrected chi connectivity index (χ4v) is 1.94. The van der Waals surface area contributed by atoms with Crippen LogP contribution in [0.4, 0.5) is 0 Å². The Hall–Kier alpha value is -1.86. The first-order chi connectivity index (χ1) is 8.34. The van der Waals surface area contributed by atoms with E-state index in [0.29, 0.717) is 0 Å². The van der Waals surface area contributed by atoms with Gasteiger partial charge in [-0.1, -0.05) is 61.2 Å². The molecule has 0 spiro atoms. The van der Waals surface area contributed by atoms with Crippen LogP contribution in [0.25, 0.3) is 16.7 Å². The molecule has 1 aliphatic rings. The Kier molecular flexibility index (Phi) is 2.54. The van der Waals surface area contributed by atoms with Crippen LogP contribution in [-0.2, 0) is 4.74 Å². The molecular weight excluding hydrogens is 208 g/mol. The van der Waals surface area contributed by atoms with Crippen LogP contribution in [0.2, 0.25) is 0 Å². The predicted molar refractivity (Wildman–Crippen MR) is 70.7 cm³/mol. The lowest BCUT2D eigenvalue weighted by molar-refractivity contribution is 0.445. The number of hydrogen-bond acceptors (Lipinski definition) is 1. The van der Waals surface area contributed by atoms with Crippen molar-refractivity contribution in [2.24, 2.45) is 0 Å². The van der Waals surface area contributed by atoms with Crippen LogP contribution in [0.5, 0.6) is 0 Å². The summed E-state index contributed by atoms with van der Waals surface area (Å²) >= 11 is 0. The second kappa shape index (κ2) is 4.19. The number of benzene rings is 2. The van der Waals surface area contributed by atoms with Crippen LogP contribution in [0.3, 0.4) is 0 Å². The van der Waals surface area contributed by atoms with Gasteiger partial charge in [0.25, 0.3) is 0 Å². The lowest BCUT2D eigenvalue weighted by Crippen LogP contribution is -1.90. The summed E-state index contributed by atoms with van der Waals surface area (Å²) in [5.41, 5.74) is 4.74. The van der Waals surface area contributed by atoms with Gasteiger partial charge in [0.15, 0.2) is 0 Å². The summed E-state index contributed by atoms with van der Waals surface area (Å²) in [7, 11) is 0. The molecule has 0 aromatic heterocycles. The molecular formula is C16H14O. The van der Waals surface area contributed by atoms with E-state index in [-0.39, 0.29) is 6.10 Å². The van der Waals surface area contributed by atoms with Crippen molar-refractivity contribution in [3.05, 3.63) is 66.7 Å². The summed E-state index contributed by atoms with van der Waals surface area (Å²) in [4.78, 5) is 0. The molecule has 1 atom stereocenters. The third-order valence-electron chi connectivity index (χ3n) is 3.08. The Morgan fingerprint density at radius 3 is 2.12 bits per heavy atom. The minimum absolute atomic E-state index is 0.248. The molecule has 0 saturated carbocycles. The van der Waals surface area contributed by atoms with Crippen molar-refractivity contribution in [3.63, 3.8) is 0 Å². The zero-order chi connectivity index (χ0) is 11.7. The number of rotatable bonds is 3. The highest BCUT2D eigenvalue weighted by molar-refractivity contribution is 5.72. The van der Waals surface area contributed by atoms with Gasteiger partial charge in [-0.15, -0.1) is 0 Å². The second-order valence-corrected chi connectivity index (χ2v) is 4.29. The summed E-state index contributed by atoms with van der Waals surface area (Å²) in [5.74, 6) is 0. The zero-order valence-electron chi connectivity index (χ0n) is 9.60. The maximum atomic E-state index is 5.24. The molecule has 1 saturated heterocycles. The standard InChI is InChI=1S/C16H14O/c1-12(16-11-17-16)13-7-9-15(10-8-13)14-5-3-2-4-6-14/h2-10,16H,1,11H2. The van der Waals surface area contributed by atoms with Gasteiger partial charge in [-0.05, 0) is 22.3 Å². The van der Waals surface area contributed by atoms with Gasteiger partial charge >= 0.3 is 0 Å². The SMILES string of the molecule is C=C(c1ccc(-c2ccccc2)cc1)C1CO1. The summed E-state index contributed by atoms with van der Waals surface area (Å²) in [6, 6.07) is 18.9. The summed E-state index contributed by atoms with van der Waals surface area (Å²) in [6.45, 7) is 4.88. The van der Waals surface area contributed by atoms with E-state index in [2.05, 4.69) is 55.1 Å². The van der Waals surface area contributed by atoms with Gasteiger partial charge in [0, 0.05) is 0 Å². The third kappa shape index (κ3) is 2.15. The van der Waals surface area contributed by atoms with Gasteiger partial charge in [-0.2, -0.15) is 0 Å². The highest BCUT2D eigenvalue weighted by Gasteiger charge is 2.26. The van der Waals surface area contributed by atoms with E-state index >= 15 is 0 Å². The fraction of sp³-hybridized carbons (Fsp3) is 0.125. The monoisotopic (exact) mass is 222 g/mol. The Balaban J connectivity index is 1.87. The van der Waals surface area contributed by atoms with E-state index in [1.54, 1.807) is 0 Å². The zero-order valence-corrected chi connectivity index (χ0v) is 9.60. The molecule has 0 radical (unpaired) electrons. The normalized spacial score (nSPS) is 17.8. The highest BCUT2D eigenvalue weighted by Crippen LogP contribution is 2.28. The maximum absolute atomic E-state index is 5.24. The first-order valence-electron chi connectivity index (χ1n) is 5.81. The summed E-state index contributed by atoms with van der Waals surface area (Å²) < 4.78 is 5.24. The van der Waals surface area contributed by atoms with Gasteiger partial charge in [-0.3, -0.25) is 0 Å². The molecule has 0 aliphatic carbocycles. The summed E-state index contributed by atoms with van der Waals surface area (Å²) in [5, 5.41) is 0. The number of epoxide rings is 1. The van der Waals surface area contributed by atoms with Crippen molar-refractivity contribution in [2.75, 3.05) is 6.61 Å². The molecule has 1 fully saturated rings. The van der Waals surface area contributed by atoms with Crippen LogP contribution in [-0.4, -0.2) is 12.7 Å². The molecule has 0 amide bonds. The molecule has 3 rings (SSSR count). The third-order valence-corrected chi connectivity index (χ3v) is 3.08.